The molecule has 0 saturated carbocycles. The van der Waals surface area contributed by atoms with Gasteiger partial charge in [-0.1, -0.05) is 0 Å². The largest absolute Gasteiger partial charge is 0.490 e. The fraction of sp³-hybridized carbons (Fsp3) is 0.727. The molecule has 0 saturated heterocycles. The highest BCUT2D eigenvalue weighted by Gasteiger charge is 1.95. The van der Waals surface area contributed by atoms with E-state index in [4.69, 9.17) is 9.47 Å². The summed E-state index contributed by atoms with van der Waals surface area (Å²) in [7, 11) is 3.59. The topological polar surface area (TPSA) is 48.3 Å². The van der Waals surface area contributed by atoms with E-state index < -0.39 is 0 Å². The third-order valence-corrected chi connectivity index (χ3v) is 2.18. The number of rotatable bonds is 9. The lowest BCUT2D eigenvalue weighted by Gasteiger charge is -2.04. The van der Waals surface area contributed by atoms with Gasteiger partial charge in [-0.15, -0.1) is 0 Å². The third-order valence-electron chi connectivity index (χ3n) is 2.18. The minimum atomic E-state index is 0.748. The van der Waals surface area contributed by atoms with Gasteiger partial charge in [-0.3, -0.25) is 4.68 Å². The van der Waals surface area contributed by atoms with Crippen molar-refractivity contribution in [2.24, 2.45) is 7.05 Å². The van der Waals surface area contributed by atoms with Crippen molar-refractivity contribution in [2.75, 3.05) is 33.4 Å². The SMILES string of the molecule is COCCNCCCCOc1cnn(C)c1. The Morgan fingerprint density at radius 3 is 2.88 bits per heavy atom. The van der Waals surface area contributed by atoms with E-state index in [9.17, 15) is 0 Å². The molecule has 0 aliphatic carbocycles. The van der Waals surface area contributed by atoms with E-state index in [0.717, 1.165) is 44.9 Å². The number of methoxy groups -OCH3 is 1. The molecule has 0 bridgehead atoms. The Hall–Kier alpha value is -1.07. The van der Waals surface area contributed by atoms with Gasteiger partial charge in [0.15, 0.2) is 5.75 Å². The number of unbranched alkanes of at least 4 members (excludes halogenated alkanes) is 1. The highest BCUT2D eigenvalue weighted by molar-refractivity contribution is 5.10. The summed E-state index contributed by atoms with van der Waals surface area (Å²) in [5.41, 5.74) is 0. The van der Waals surface area contributed by atoms with Gasteiger partial charge in [-0.05, 0) is 19.4 Å². The monoisotopic (exact) mass is 227 g/mol. The molecule has 1 rings (SSSR count). The molecule has 0 spiro atoms. The molecule has 1 aromatic heterocycles. The first kappa shape index (κ1) is 13.0. The predicted molar refractivity (Wildman–Crippen MR) is 62.7 cm³/mol. The van der Waals surface area contributed by atoms with Gasteiger partial charge in [-0.2, -0.15) is 5.10 Å². The molecule has 0 amide bonds. The van der Waals surface area contributed by atoms with Gasteiger partial charge in [-0.25, -0.2) is 0 Å². The maximum absolute atomic E-state index is 5.52. The van der Waals surface area contributed by atoms with Crippen molar-refractivity contribution in [1.29, 1.82) is 0 Å². The molecule has 5 heteroatoms. The lowest BCUT2D eigenvalue weighted by molar-refractivity contribution is 0.199. The summed E-state index contributed by atoms with van der Waals surface area (Å²) in [4.78, 5) is 0. The fourth-order valence-corrected chi connectivity index (χ4v) is 1.31. The van der Waals surface area contributed by atoms with Crippen molar-refractivity contribution in [3.05, 3.63) is 12.4 Å². The normalized spacial score (nSPS) is 10.6. The van der Waals surface area contributed by atoms with Crippen LogP contribution >= 0.6 is 0 Å². The van der Waals surface area contributed by atoms with Crippen LogP contribution in [-0.4, -0.2) is 43.2 Å². The lowest BCUT2D eigenvalue weighted by Crippen LogP contribution is -2.20. The van der Waals surface area contributed by atoms with Gasteiger partial charge >= 0.3 is 0 Å². The minimum absolute atomic E-state index is 0.748. The average Bonchev–Trinajstić information content (AvgIpc) is 2.68. The minimum Gasteiger partial charge on any atom is -0.490 e. The van der Waals surface area contributed by atoms with Gasteiger partial charge in [0.25, 0.3) is 0 Å². The summed E-state index contributed by atoms with van der Waals surface area (Å²) in [5.74, 6) is 0.842. The van der Waals surface area contributed by atoms with Crippen LogP contribution in [0, 0.1) is 0 Å². The summed E-state index contributed by atoms with van der Waals surface area (Å²) in [5, 5.41) is 7.32. The lowest BCUT2D eigenvalue weighted by atomic mass is 10.3. The Morgan fingerprint density at radius 1 is 1.31 bits per heavy atom. The standard InChI is InChI=1S/C11H21N3O2/c1-14-10-11(9-13-14)16-7-4-3-5-12-6-8-15-2/h9-10,12H,3-8H2,1-2H3. The predicted octanol–water partition coefficient (Wildman–Crippen LogP) is 0.815. The summed E-state index contributed by atoms with van der Waals surface area (Å²) in [6.07, 6.45) is 5.77. The Bertz CT molecular complexity index is 276. The summed E-state index contributed by atoms with van der Waals surface area (Å²) in [6, 6.07) is 0. The Labute approximate surface area is 96.7 Å². The molecule has 0 fully saturated rings. The smallest absolute Gasteiger partial charge is 0.157 e. The molecule has 92 valence electrons. The number of nitrogens with one attached hydrogen (secondary N) is 1. The van der Waals surface area contributed by atoms with Crippen LogP contribution in [0.25, 0.3) is 0 Å². The van der Waals surface area contributed by atoms with E-state index in [1.807, 2.05) is 13.2 Å². The van der Waals surface area contributed by atoms with E-state index in [0.29, 0.717) is 0 Å². The average molecular weight is 227 g/mol. The molecule has 0 aliphatic heterocycles. The number of hydrogen-bond acceptors (Lipinski definition) is 4. The van der Waals surface area contributed by atoms with E-state index in [1.54, 1.807) is 18.0 Å². The molecule has 0 aromatic carbocycles. The van der Waals surface area contributed by atoms with Crippen molar-refractivity contribution in [3.63, 3.8) is 0 Å². The van der Waals surface area contributed by atoms with Crippen LogP contribution < -0.4 is 10.1 Å². The van der Waals surface area contributed by atoms with Crippen LogP contribution in [0.2, 0.25) is 0 Å². The molecule has 1 N–H and O–H groups in total. The first-order chi connectivity index (χ1) is 7.83. The second-order valence-electron chi connectivity index (χ2n) is 3.65. The van der Waals surface area contributed by atoms with Crippen molar-refractivity contribution in [1.82, 2.24) is 15.1 Å². The van der Waals surface area contributed by atoms with Gasteiger partial charge in [0.05, 0.1) is 25.6 Å². The van der Waals surface area contributed by atoms with Crippen LogP contribution in [0.15, 0.2) is 12.4 Å². The van der Waals surface area contributed by atoms with Crippen LogP contribution in [0.3, 0.4) is 0 Å². The molecule has 1 aromatic rings. The zero-order valence-electron chi connectivity index (χ0n) is 10.1. The molecule has 0 aliphatic rings. The summed E-state index contributed by atoms with van der Waals surface area (Å²) < 4.78 is 12.2. The molecule has 0 atom stereocenters. The molecular formula is C11H21N3O2. The van der Waals surface area contributed by atoms with Gasteiger partial charge < -0.3 is 14.8 Å². The molecular weight excluding hydrogens is 206 g/mol. The fourth-order valence-electron chi connectivity index (χ4n) is 1.31. The van der Waals surface area contributed by atoms with Gasteiger partial charge in [0.1, 0.15) is 0 Å². The van der Waals surface area contributed by atoms with E-state index in [2.05, 4.69) is 10.4 Å². The van der Waals surface area contributed by atoms with Crippen LogP contribution in [-0.2, 0) is 11.8 Å². The maximum Gasteiger partial charge on any atom is 0.157 e. The maximum atomic E-state index is 5.52. The first-order valence-corrected chi connectivity index (χ1v) is 5.64. The van der Waals surface area contributed by atoms with Crippen molar-refractivity contribution < 1.29 is 9.47 Å². The van der Waals surface area contributed by atoms with E-state index in [1.165, 1.54) is 0 Å². The van der Waals surface area contributed by atoms with Crippen LogP contribution in [0.5, 0.6) is 5.75 Å². The van der Waals surface area contributed by atoms with Crippen molar-refractivity contribution in [2.45, 2.75) is 12.8 Å². The zero-order valence-corrected chi connectivity index (χ0v) is 10.1. The number of aromatic nitrogens is 2. The molecule has 5 nitrogen and oxygen atoms in total. The highest BCUT2D eigenvalue weighted by atomic mass is 16.5. The second kappa shape index (κ2) is 8.13. The van der Waals surface area contributed by atoms with Crippen LogP contribution in [0.4, 0.5) is 0 Å². The molecule has 16 heavy (non-hydrogen) atoms. The number of aryl methyl sites for hydroxylation is 1. The Kier molecular flexibility index (Phi) is 6.60. The molecule has 0 unspecified atom stereocenters. The highest BCUT2D eigenvalue weighted by Crippen LogP contribution is 2.07. The van der Waals surface area contributed by atoms with E-state index in [-0.39, 0.29) is 0 Å². The van der Waals surface area contributed by atoms with Gasteiger partial charge in [0, 0.05) is 20.7 Å². The van der Waals surface area contributed by atoms with Crippen LogP contribution in [0.1, 0.15) is 12.8 Å². The third kappa shape index (κ3) is 5.72. The summed E-state index contributed by atoms with van der Waals surface area (Å²) >= 11 is 0. The Morgan fingerprint density at radius 2 is 2.19 bits per heavy atom. The van der Waals surface area contributed by atoms with E-state index >= 15 is 0 Å². The molecule has 1 heterocycles. The van der Waals surface area contributed by atoms with Crippen molar-refractivity contribution >= 4 is 0 Å². The number of hydrogen-bond donors (Lipinski definition) is 1. The Balaban J connectivity index is 1.88. The second-order valence-corrected chi connectivity index (χ2v) is 3.65. The van der Waals surface area contributed by atoms with Gasteiger partial charge in [0.2, 0.25) is 0 Å². The number of nitrogens with zero attached hydrogens (tertiary/aromatic N) is 2. The zero-order chi connectivity index (χ0) is 11.6. The molecule has 0 radical (unpaired) electrons. The summed E-state index contributed by atoms with van der Waals surface area (Å²) in [6.45, 7) is 3.45. The first-order valence-electron chi connectivity index (χ1n) is 5.64. The van der Waals surface area contributed by atoms with Crippen molar-refractivity contribution in [3.8, 4) is 5.75 Å². The quantitative estimate of drug-likeness (QED) is 0.634. The number of ether oxygens (including phenoxy) is 2.